The van der Waals surface area contributed by atoms with Crippen LogP contribution in [0, 0.1) is 0 Å². The summed E-state index contributed by atoms with van der Waals surface area (Å²) in [7, 11) is 0. The van der Waals surface area contributed by atoms with Gasteiger partial charge in [-0.3, -0.25) is 0 Å². The molecule has 0 N–H and O–H groups in total. The van der Waals surface area contributed by atoms with Gasteiger partial charge in [-0.1, -0.05) is 38.1 Å². The maximum atomic E-state index is 5.25. The van der Waals surface area contributed by atoms with Gasteiger partial charge in [0.2, 0.25) is 0 Å². The van der Waals surface area contributed by atoms with Crippen molar-refractivity contribution >= 4 is 0 Å². The molecule has 0 spiro atoms. The van der Waals surface area contributed by atoms with E-state index in [0.717, 1.165) is 26.1 Å². The molecule has 4 nitrogen and oxygen atoms in total. The van der Waals surface area contributed by atoms with Crippen molar-refractivity contribution < 1.29 is 18.9 Å². The quantitative estimate of drug-likeness (QED) is 0.510. The fraction of sp³-hybridized carbons (Fsp3) is 0.700. The molecular weight excluding hydrogens is 304 g/mol. The predicted octanol–water partition coefficient (Wildman–Crippen LogP) is 3.90. The molecule has 0 aliphatic rings. The van der Waals surface area contributed by atoms with Gasteiger partial charge in [-0.2, -0.15) is 0 Å². The number of aryl methyl sites for hydroxylation is 2. The Labute approximate surface area is 148 Å². The molecule has 0 saturated heterocycles. The molecule has 1 aromatic carbocycles. The Bertz CT molecular complexity index is 333. The number of hydrogen-bond donors (Lipinski definition) is 0. The van der Waals surface area contributed by atoms with E-state index in [1.165, 1.54) is 11.1 Å². The van der Waals surface area contributed by atoms with Gasteiger partial charge in [0.1, 0.15) is 0 Å². The van der Waals surface area contributed by atoms with Gasteiger partial charge in [-0.05, 0) is 37.8 Å². The fourth-order valence-electron chi connectivity index (χ4n) is 2.09. The van der Waals surface area contributed by atoms with Crippen LogP contribution in [0.1, 0.15) is 38.8 Å². The first-order chi connectivity index (χ1) is 11.8. The van der Waals surface area contributed by atoms with Crippen molar-refractivity contribution in [1.82, 2.24) is 0 Å². The third kappa shape index (κ3) is 13.5. The summed E-state index contributed by atoms with van der Waals surface area (Å²) in [5, 5.41) is 0. The minimum Gasteiger partial charge on any atom is -0.379 e. The Morgan fingerprint density at radius 1 is 0.542 bits per heavy atom. The van der Waals surface area contributed by atoms with Crippen LogP contribution in [0.15, 0.2) is 24.3 Å². The molecule has 140 valence electrons. The maximum Gasteiger partial charge on any atom is 0.0701 e. The average molecular weight is 341 g/mol. The van der Waals surface area contributed by atoms with Crippen molar-refractivity contribution in [3.63, 3.8) is 0 Å². The highest BCUT2D eigenvalue weighted by Crippen LogP contribution is 2.08. The molecule has 0 aliphatic carbocycles. The standard InChI is InChI=1S/C10H22O4.C10H14/c1-3-11-5-7-13-9-10-14-8-6-12-4-2;1-3-9-7-5-6-8-10(9)4-2/h3-10H2,1-2H3;5-8H,3-4H2,1-2H3. The molecule has 0 fully saturated rings. The summed E-state index contributed by atoms with van der Waals surface area (Å²) < 4.78 is 20.7. The van der Waals surface area contributed by atoms with Crippen LogP contribution in [-0.2, 0) is 31.8 Å². The molecule has 1 rings (SSSR count). The fourth-order valence-corrected chi connectivity index (χ4v) is 2.09. The van der Waals surface area contributed by atoms with Crippen LogP contribution in [0.2, 0.25) is 0 Å². The summed E-state index contributed by atoms with van der Waals surface area (Å²) in [6.07, 6.45) is 2.31. The minimum absolute atomic E-state index is 0.624. The molecule has 4 heteroatoms. The van der Waals surface area contributed by atoms with E-state index in [4.69, 9.17) is 18.9 Å². The van der Waals surface area contributed by atoms with E-state index in [9.17, 15) is 0 Å². The van der Waals surface area contributed by atoms with Gasteiger partial charge in [0.15, 0.2) is 0 Å². The van der Waals surface area contributed by atoms with Gasteiger partial charge in [0.05, 0.1) is 39.6 Å². The Kier molecular flexibility index (Phi) is 17.7. The summed E-state index contributed by atoms with van der Waals surface area (Å²) in [5.74, 6) is 0. The van der Waals surface area contributed by atoms with Crippen LogP contribution >= 0.6 is 0 Å². The lowest BCUT2D eigenvalue weighted by molar-refractivity contribution is 0.000930. The van der Waals surface area contributed by atoms with E-state index in [1.54, 1.807) is 0 Å². The van der Waals surface area contributed by atoms with Crippen molar-refractivity contribution in [3.05, 3.63) is 35.4 Å². The third-order valence-electron chi connectivity index (χ3n) is 3.40. The van der Waals surface area contributed by atoms with Crippen molar-refractivity contribution in [1.29, 1.82) is 0 Å². The zero-order chi connectivity index (χ0) is 17.9. The van der Waals surface area contributed by atoms with Crippen LogP contribution in [0.5, 0.6) is 0 Å². The van der Waals surface area contributed by atoms with E-state index in [0.29, 0.717) is 39.6 Å². The molecular formula is C20H36O4. The molecule has 0 atom stereocenters. The molecule has 0 bridgehead atoms. The third-order valence-corrected chi connectivity index (χ3v) is 3.40. The molecule has 0 heterocycles. The number of benzene rings is 1. The lowest BCUT2D eigenvalue weighted by Gasteiger charge is -2.05. The highest BCUT2D eigenvalue weighted by molar-refractivity contribution is 5.26. The number of rotatable bonds is 13. The van der Waals surface area contributed by atoms with Crippen LogP contribution in [-0.4, -0.2) is 52.9 Å². The van der Waals surface area contributed by atoms with Gasteiger partial charge in [0.25, 0.3) is 0 Å². The first kappa shape index (κ1) is 23.1. The lowest BCUT2D eigenvalue weighted by Crippen LogP contribution is -2.11. The number of ether oxygens (including phenoxy) is 4. The molecule has 0 saturated carbocycles. The van der Waals surface area contributed by atoms with Crippen molar-refractivity contribution in [3.8, 4) is 0 Å². The van der Waals surface area contributed by atoms with E-state index >= 15 is 0 Å². The predicted molar refractivity (Wildman–Crippen MR) is 99.8 cm³/mol. The highest BCUT2D eigenvalue weighted by atomic mass is 16.6. The first-order valence-corrected chi connectivity index (χ1v) is 9.17. The minimum atomic E-state index is 0.624. The normalized spacial score (nSPS) is 10.3. The SMILES string of the molecule is CCOCCOCCOCCOCC.CCc1ccccc1CC. The second-order valence-electron chi connectivity index (χ2n) is 5.09. The summed E-state index contributed by atoms with van der Waals surface area (Å²) in [4.78, 5) is 0. The number of hydrogen-bond acceptors (Lipinski definition) is 4. The molecule has 0 amide bonds. The van der Waals surface area contributed by atoms with Crippen molar-refractivity contribution in [2.75, 3.05) is 52.9 Å². The zero-order valence-corrected chi connectivity index (χ0v) is 16.0. The van der Waals surface area contributed by atoms with Gasteiger partial charge >= 0.3 is 0 Å². The molecule has 0 aromatic heterocycles. The average Bonchev–Trinajstić information content (AvgIpc) is 2.63. The molecule has 1 aromatic rings. The Morgan fingerprint density at radius 2 is 0.875 bits per heavy atom. The lowest BCUT2D eigenvalue weighted by atomic mass is 10.0. The second-order valence-corrected chi connectivity index (χ2v) is 5.09. The van der Waals surface area contributed by atoms with Gasteiger partial charge in [-0.15, -0.1) is 0 Å². The van der Waals surface area contributed by atoms with E-state index < -0.39 is 0 Å². The van der Waals surface area contributed by atoms with Crippen LogP contribution in [0.3, 0.4) is 0 Å². The molecule has 0 aliphatic heterocycles. The smallest absolute Gasteiger partial charge is 0.0701 e. The maximum absolute atomic E-state index is 5.25. The summed E-state index contributed by atoms with van der Waals surface area (Å²) >= 11 is 0. The first-order valence-electron chi connectivity index (χ1n) is 9.17. The van der Waals surface area contributed by atoms with Gasteiger partial charge in [0, 0.05) is 13.2 Å². The summed E-state index contributed by atoms with van der Waals surface area (Å²) in [6.45, 7) is 13.7. The van der Waals surface area contributed by atoms with Crippen LogP contribution in [0.25, 0.3) is 0 Å². The Hall–Kier alpha value is -0.940. The van der Waals surface area contributed by atoms with Gasteiger partial charge in [-0.25, -0.2) is 0 Å². The van der Waals surface area contributed by atoms with E-state index in [-0.39, 0.29) is 0 Å². The Morgan fingerprint density at radius 3 is 1.17 bits per heavy atom. The van der Waals surface area contributed by atoms with E-state index in [1.807, 2.05) is 13.8 Å². The topological polar surface area (TPSA) is 36.9 Å². The molecule has 0 unspecified atom stereocenters. The van der Waals surface area contributed by atoms with Crippen molar-refractivity contribution in [2.24, 2.45) is 0 Å². The Balaban J connectivity index is 0.000000463. The second kappa shape index (κ2) is 18.4. The molecule has 0 radical (unpaired) electrons. The monoisotopic (exact) mass is 340 g/mol. The summed E-state index contributed by atoms with van der Waals surface area (Å²) in [5.41, 5.74) is 2.98. The van der Waals surface area contributed by atoms with Gasteiger partial charge < -0.3 is 18.9 Å². The highest BCUT2D eigenvalue weighted by Gasteiger charge is 1.94. The zero-order valence-electron chi connectivity index (χ0n) is 16.0. The summed E-state index contributed by atoms with van der Waals surface area (Å²) in [6, 6.07) is 8.63. The van der Waals surface area contributed by atoms with Crippen molar-refractivity contribution in [2.45, 2.75) is 40.5 Å². The van der Waals surface area contributed by atoms with E-state index in [2.05, 4.69) is 38.1 Å². The molecule has 24 heavy (non-hydrogen) atoms. The van der Waals surface area contributed by atoms with Crippen LogP contribution < -0.4 is 0 Å². The largest absolute Gasteiger partial charge is 0.379 e. The van der Waals surface area contributed by atoms with Crippen LogP contribution in [0.4, 0.5) is 0 Å².